The van der Waals surface area contributed by atoms with Gasteiger partial charge in [0.25, 0.3) is 0 Å². The fourth-order valence-corrected chi connectivity index (χ4v) is 2.57. The highest BCUT2D eigenvalue weighted by atomic mass is 16.4. The average Bonchev–Trinajstić information content (AvgIpc) is 2.70. The fourth-order valence-electron chi connectivity index (χ4n) is 2.57. The second-order valence-corrected chi connectivity index (χ2v) is 7.34. The predicted octanol–water partition coefficient (Wildman–Crippen LogP) is -1.24. The second kappa shape index (κ2) is 11.9. The summed E-state index contributed by atoms with van der Waals surface area (Å²) in [5.74, 6) is -3.54. The Kier molecular flexibility index (Phi) is 9.93. The summed E-state index contributed by atoms with van der Waals surface area (Å²) in [7, 11) is 0. The van der Waals surface area contributed by atoms with E-state index in [-0.39, 0.29) is 12.3 Å². The lowest BCUT2D eigenvalue weighted by atomic mass is 10.0. The Balaban J connectivity index is 3.00. The Morgan fingerprint density at radius 2 is 1.53 bits per heavy atom. The lowest BCUT2D eigenvalue weighted by Gasteiger charge is -2.26. The monoisotopic (exact) mass is 422 g/mol. The number of rotatable bonds is 11. The Morgan fingerprint density at radius 1 is 0.933 bits per heavy atom. The number of hydrogen-bond acceptors (Lipinski definition) is 6. The molecule has 1 aromatic rings. The van der Waals surface area contributed by atoms with Crippen molar-refractivity contribution in [3.63, 3.8) is 0 Å². The number of aliphatic carboxylic acids is 1. The molecule has 0 spiro atoms. The number of aliphatic hydroxyl groups is 1. The van der Waals surface area contributed by atoms with Gasteiger partial charge in [-0.15, -0.1) is 0 Å². The summed E-state index contributed by atoms with van der Waals surface area (Å²) in [5.41, 5.74) is 6.29. The summed E-state index contributed by atoms with van der Waals surface area (Å²) in [6.45, 7) is 4.12. The van der Waals surface area contributed by atoms with E-state index in [1.165, 1.54) is 6.92 Å². The van der Waals surface area contributed by atoms with Crippen LogP contribution in [0.3, 0.4) is 0 Å². The van der Waals surface area contributed by atoms with Crippen LogP contribution in [0.25, 0.3) is 0 Å². The van der Waals surface area contributed by atoms with E-state index < -0.39 is 54.5 Å². The van der Waals surface area contributed by atoms with Gasteiger partial charge in [0.2, 0.25) is 17.7 Å². The van der Waals surface area contributed by atoms with E-state index in [2.05, 4.69) is 16.0 Å². The number of carbonyl (C=O) groups excluding carboxylic acids is 3. The van der Waals surface area contributed by atoms with E-state index in [0.29, 0.717) is 0 Å². The first kappa shape index (κ1) is 25.1. The number of hydrogen-bond donors (Lipinski definition) is 6. The first-order valence-corrected chi connectivity index (χ1v) is 9.61. The number of carboxylic acid groups (broad SMARTS) is 1. The SMILES string of the molecule is CC(NC(=O)C(NC(=O)C(Cc1ccccc1)NC(=O)C(N)CO)C(C)C)C(=O)O. The number of nitrogens with two attached hydrogens (primary N) is 1. The van der Waals surface area contributed by atoms with Crippen LogP contribution in [-0.2, 0) is 25.6 Å². The summed E-state index contributed by atoms with van der Waals surface area (Å²) in [4.78, 5) is 48.5. The van der Waals surface area contributed by atoms with Gasteiger partial charge >= 0.3 is 5.97 Å². The minimum Gasteiger partial charge on any atom is -0.480 e. The van der Waals surface area contributed by atoms with Crippen LogP contribution in [0.2, 0.25) is 0 Å². The molecular formula is C20H30N4O6. The van der Waals surface area contributed by atoms with E-state index >= 15 is 0 Å². The van der Waals surface area contributed by atoms with Crippen LogP contribution >= 0.6 is 0 Å². The molecule has 30 heavy (non-hydrogen) atoms. The van der Waals surface area contributed by atoms with Gasteiger partial charge in [0.1, 0.15) is 24.2 Å². The predicted molar refractivity (Wildman–Crippen MR) is 109 cm³/mol. The van der Waals surface area contributed by atoms with Crippen molar-refractivity contribution in [3.05, 3.63) is 35.9 Å². The number of carbonyl (C=O) groups is 4. The molecule has 0 heterocycles. The third-order valence-electron chi connectivity index (χ3n) is 4.43. The van der Waals surface area contributed by atoms with E-state index in [1.54, 1.807) is 38.1 Å². The van der Waals surface area contributed by atoms with Crippen LogP contribution in [0.4, 0.5) is 0 Å². The van der Waals surface area contributed by atoms with Crippen LogP contribution in [-0.4, -0.2) is 64.7 Å². The van der Waals surface area contributed by atoms with Crippen molar-refractivity contribution in [3.8, 4) is 0 Å². The van der Waals surface area contributed by atoms with Crippen LogP contribution in [0.5, 0.6) is 0 Å². The molecule has 7 N–H and O–H groups in total. The maximum absolute atomic E-state index is 12.9. The molecule has 3 amide bonds. The quantitative estimate of drug-likeness (QED) is 0.259. The lowest BCUT2D eigenvalue weighted by Crippen LogP contribution is -2.58. The van der Waals surface area contributed by atoms with Gasteiger partial charge in [0.05, 0.1) is 6.61 Å². The lowest BCUT2D eigenvalue weighted by molar-refractivity contribution is -0.142. The number of amides is 3. The molecule has 10 nitrogen and oxygen atoms in total. The molecule has 0 bridgehead atoms. The molecule has 4 unspecified atom stereocenters. The van der Waals surface area contributed by atoms with Crippen LogP contribution < -0.4 is 21.7 Å². The van der Waals surface area contributed by atoms with Crippen LogP contribution in [0.15, 0.2) is 30.3 Å². The van der Waals surface area contributed by atoms with Gasteiger partial charge in [-0.25, -0.2) is 0 Å². The molecule has 1 aromatic carbocycles. The van der Waals surface area contributed by atoms with Gasteiger partial charge < -0.3 is 31.9 Å². The molecule has 1 rings (SSSR count). The summed E-state index contributed by atoms with van der Waals surface area (Å²) in [6.07, 6.45) is 0.133. The number of aliphatic hydroxyl groups excluding tert-OH is 1. The van der Waals surface area contributed by atoms with Crippen molar-refractivity contribution >= 4 is 23.7 Å². The highest BCUT2D eigenvalue weighted by molar-refractivity contribution is 5.94. The van der Waals surface area contributed by atoms with Gasteiger partial charge in [0, 0.05) is 6.42 Å². The van der Waals surface area contributed by atoms with Crippen molar-refractivity contribution in [2.75, 3.05) is 6.61 Å². The zero-order valence-corrected chi connectivity index (χ0v) is 17.3. The van der Waals surface area contributed by atoms with E-state index in [1.807, 2.05) is 6.07 Å². The third kappa shape index (κ3) is 7.80. The minimum atomic E-state index is -1.20. The Hall–Kier alpha value is -2.98. The summed E-state index contributed by atoms with van der Waals surface area (Å²) < 4.78 is 0. The highest BCUT2D eigenvalue weighted by Gasteiger charge is 2.31. The van der Waals surface area contributed by atoms with Gasteiger partial charge in [0.15, 0.2) is 0 Å². The molecule has 0 aliphatic heterocycles. The molecule has 0 aliphatic rings. The molecule has 166 valence electrons. The largest absolute Gasteiger partial charge is 0.480 e. The Bertz CT molecular complexity index is 740. The number of carboxylic acids is 1. The van der Waals surface area contributed by atoms with Crippen molar-refractivity contribution in [1.29, 1.82) is 0 Å². The molecular weight excluding hydrogens is 392 g/mol. The molecule has 0 saturated heterocycles. The maximum Gasteiger partial charge on any atom is 0.325 e. The van der Waals surface area contributed by atoms with E-state index in [4.69, 9.17) is 15.9 Å². The van der Waals surface area contributed by atoms with E-state index in [9.17, 15) is 19.2 Å². The van der Waals surface area contributed by atoms with Gasteiger partial charge in [-0.3, -0.25) is 19.2 Å². The Labute approximate surface area is 175 Å². The second-order valence-electron chi connectivity index (χ2n) is 7.34. The third-order valence-corrected chi connectivity index (χ3v) is 4.43. The molecule has 10 heteroatoms. The fraction of sp³-hybridized carbons (Fsp3) is 0.500. The standard InChI is InChI=1S/C20H30N4O6/c1-11(2)16(19(28)22-12(3)20(29)30)24-18(27)15(23-17(26)14(21)10-25)9-13-7-5-4-6-8-13/h4-8,11-12,14-16,25H,9-10,21H2,1-3H3,(H,22,28)(H,23,26)(H,24,27)(H,29,30). The maximum atomic E-state index is 12.9. The molecule has 0 fully saturated rings. The van der Waals surface area contributed by atoms with Crippen molar-refractivity contribution in [2.24, 2.45) is 11.7 Å². The van der Waals surface area contributed by atoms with Crippen molar-refractivity contribution < 1.29 is 29.4 Å². The normalized spacial score (nSPS) is 14.9. The zero-order valence-electron chi connectivity index (χ0n) is 17.3. The highest BCUT2D eigenvalue weighted by Crippen LogP contribution is 2.07. The molecule has 4 atom stereocenters. The summed E-state index contributed by atoms with van der Waals surface area (Å²) in [6, 6.07) is 4.53. The van der Waals surface area contributed by atoms with Gasteiger partial charge in [-0.1, -0.05) is 44.2 Å². The summed E-state index contributed by atoms with van der Waals surface area (Å²) >= 11 is 0. The van der Waals surface area contributed by atoms with Gasteiger partial charge in [-0.2, -0.15) is 0 Å². The number of nitrogens with one attached hydrogen (secondary N) is 3. The Morgan fingerprint density at radius 3 is 2.03 bits per heavy atom. The first-order valence-electron chi connectivity index (χ1n) is 9.61. The smallest absolute Gasteiger partial charge is 0.325 e. The number of benzene rings is 1. The zero-order chi connectivity index (χ0) is 22.8. The van der Waals surface area contributed by atoms with Gasteiger partial charge in [-0.05, 0) is 18.4 Å². The molecule has 0 aliphatic carbocycles. The van der Waals surface area contributed by atoms with E-state index in [0.717, 1.165) is 5.56 Å². The van der Waals surface area contributed by atoms with Crippen molar-refractivity contribution in [2.45, 2.75) is 51.4 Å². The molecule has 0 saturated carbocycles. The average molecular weight is 422 g/mol. The first-order chi connectivity index (χ1) is 14.1. The minimum absolute atomic E-state index is 0.133. The summed E-state index contributed by atoms with van der Waals surface area (Å²) in [5, 5.41) is 25.5. The topological polar surface area (TPSA) is 171 Å². The molecule has 0 radical (unpaired) electrons. The molecule has 0 aromatic heterocycles. The van der Waals surface area contributed by atoms with Crippen molar-refractivity contribution in [1.82, 2.24) is 16.0 Å². The van der Waals surface area contributed by atoms with Crippen LogP contribution in [0, 0.1) is 5.92 Å². The van der Waals surface area contributed by atoms with Crippen LogP contribution in [0.1, 0.15) is 26.3 Å².